The van der Waals surface area contributed by atoms with E-state index in [1.807, 2.05) is 11.8 Å². The molecule has 0 aromatic carbocycles. The highest BCUT2D eigenvalue weighted by molar-refractivity contribution is 7.99. The number of aryl methyl sites for hydroxylation is 1. The van der Waals surface area contributed by atoms with E-state index in [4.69, 9.17) is 5.73 Å². The molecule has 2 N–H and O–H groups in total. The van der Waals surface area contributed by atoms with Crippen LogP contribution in [0.3, 0.4) is 0 Å². The van der Waals surface area contributed by atoms with E-state index in [-0.39, 0.29) is 5.54 Å². The lowest BCUT2D eigenvalue weighted by molar-refractivity contribution is 0.424. The number of hydrogen-bond acceptors (Lipinski definition) is 4. The number of nitrogens with zero attached hydrogens (tertiary/aromatic N) is 3. The zero-order valence-corrected chi connectivity index (χ0v) is 10.3. The number of aromatic nitrogens is 3. The maximum atomic E-state index is 6.38. The van der Waals surface area contributed by atoms with E-state index in [1.54, 1.807) is 0 Å². The van der Waals surface area contributed by atoms with Gasteiger partial charge in [-0.2, -0.15) is 5.10 Å². The first-order chi connectivity index (χ1) is 7.78. The van der Waals surface area contributed by atoms with Gasteiger partial charge in [0.1, 0.15) is 0 Å². The molecule has 0 spiro atoms. The third-order valence-corrected chi connectivity index (χ3v) is 4.63. The molecule has 0 atom stereocenters. The first kappa shape index (κ1) is 10.6. The van der Waals surface area contributed by atoms with Crippen LogP contribution >= 0.6 is 11.8 Å². The molecule has 0 amide bonds. The van der Waals surface area contributed by atoms with E-state index in [1.165, 1.54) is 25.7 Å². The number of thioether (sulfide) groups is 1. The summed E-state index contributed by atoms with van der Waals surface area (Å²) in [5.41, 5.74) is 6.15. The van der Waals surface area contributed by atoms with Crippen LogP contribution in [0.25, 0.3) is 0 Å². The van der Waals surface area contributed by atoms with Crippen LogP contribution in [-0.2, 0) is 12.1 Å². The Bertz CT molecular complexity index is 358. The molecule has 88 valence electrons. The molecule has 5 heteroatoms. The highest BCUT2D eigenvalue weighted by Gasteiger charge is 2.36. The van der Waals surface area contributed by atoms with Crippen LogP contribution in [0.2, 0.25) is 0 Å². The van der Waals surface area contributed by atoms with E-state index in [9.17, 15) is 0 Å². The monoisotopic (exact) mass is 238 g/mol. The minimum absolute atomic E-state index is 0.236. The molecule has 3 rings (SSSR count). The van der Waals surface area contributed by atoms with Gasteiger partial charge in [-0.15, -0.1) is 0 Å². The van der Waals surface area contributed by atoms with Crippen LogP contribution in [0.1, 0.15) is 44.3 Å². The molecule has 0 bridgehead atoms. The molecular weight excluding hydrogens is 220 g/mol. The highest BCUT2D eigenvalue weighted by atomic mass is 32.2. The van der Waals surface area contributed by atoms with Gasteiger partial charge in [-0.3, -0.25) is 0 Å². The topological polar surface area (TPSA) is 56.7 Å². The summed E-state index contributed by atoms with van der Waals surface area (Å²) in [6, 6.07) is 0. The Labute approximate surface area is 100.0 Å². The molecule has 1 aliphatic carbocycles. The molecule has 0 unspecified atom stereocenters. The van der Waals surface area contributed by atoms with Crippen molar-refractivity contribution in [3.05, 3.63) is 5.82 Å². The predicted molar refractivity (Wildman–Crippen MR) is 64.3 cm³/mol. The van der Waals surface area contributed by atoms with Gasteiger partial charge in [0.2, 0.25) is 0 Å². The second kappa shape index (κ2) is 4.04. The van der Waals surface area contributed by atoms with E-state index in [2.05, 4.69) is 14.8 Å². The van der Waals surface area contributed by atoms with Crippen molar-refractivity contribution >= 4 is 11.8 Å². The van der Waals surface area contributed by atoms with Crippen molar-refractivity contribution in [2.45, 2.75) is 55.8 Å². The van der Waals surface area contributed by atoms with Crippen LogP contribution in [0.4, 0.5) is 0 Å². The van der Waals surface area contributed by atoms with Crippen LogP contribution in [-0.4, -0.2) is 20.5 Å². The van der Waals surface area contributed by atoms with Crippen LogP contribution in [0, 0.1) is 0 Å². The smallest absolute Gasteiger partial charge is 0.186 e. The Morgan fingerprint density at radius 2 is 2.00 bits per heavy atom. The molecule has 0 radical (unpaired) electrons. The minimum Gasteiger partial charge on any atom is -0.319 e. The summed E-state index contributed by atoms with van der Waals surface area (Å²) in [6.07, 6.45) is 6.99. The SMILES string of the molecule is NC1(c2nc3n(n2)CCCCS3)CCCC1. The third-order valence-electron chi connectivity index (χ3n) is 3.57. The van der Waals surface area contributed by atoms with E-state index in [0.717, 1.165) is 36.1 Å². The van der Waals surface area contributed by atoms with Gasteiger partial charge in [-0.05, 0) is 25.7 Å². The molecule has 4 nitrogen and oxygen atoms in total. The fourth-order valence-corrected chi connectivity index (χ4v) is 3.51. The summed E-state index contributed by atoms with van der Waals surface area (Å²) < 4.78 is 2.06. The van der Waals surface area contributed by atoms with Gasteiger partial charge < -0.3 is 5.73 Å². The summed E-state index contributed by atoms with van der Waals surface area (Å²) in [4.78, 5) is 4.65. The highest BCUT2D eigenvalue weighted by Crippen LogP contribution is 2.35. The lowest BCUT2D eigenvalue weighted by atomic mass is 9.99. The molecule has 2 heterocycles. The standard InChI is InChI=1S/C11H18N4S/c12-11(5-1-2-6-11)9-13-10-15(14-9)7-3-4-8-16-10/h1-8,12H2. The van der Waals surface area contributed by atoms with Gasteiger partial charge in [-0.25, -0.2) is 9.67 Å². The lowest BCUT2D eigenvalue weighted by Gasteiger charge is -2.18. The normalized spacial score (nSPS) is 24.1. The fraction of sp³-hybridized carbons (Fsp3) is 0.818. The molecule has 0 saturated heterocycles. The molecule has 1 saturated carbocycles. The zero-order valence-electron chi connectivity index (χ0n) is 9.48. The van der Waals surface area contributed by atoms with Crippen LogP contribution < -0.4 is 5.73 Å². The summed E-state index contributed by atoms with van der Waals surface area (Å²) in [7, 11) is 0. The lowest BCUT2D eigenvalue weighted by Crippen LogP contribution is -2.34. The molecule has 16 heavy (non-hydrogen) atoms. The van der Waals surface area contributed by atoms with Crippen molar-refractivity contribution in [1.82, 2.24) is 14.8 Å². The zero-order chi connectivity index (χ0) is 11.0. The second-order valence-corrected chi connectivity index (χ2v) is 5.92. The fourth-order valence-electron chi connectivity index (χ4n) is 2.55. The molecule has 1 aromatic rings. The summed E-state index contributed by atoms with van der Waals surface area (Å²) >= 11 is 1.82. The number of hydrogen-bond donors (Lipinski definition) is 1. The van der Waals surface area contributed by atoms with Crippen molar-refractivity contribution < 1.29 is 0 Å². The minimum atomic E-state index is -0.236. The van der Waals surface area contributed by atoms with Crippen molar-refractivity contribution in [3.63, 3.8) is 0 Å². The van der Waals surface area contributed by atoms with Crippen molar-refractivity contribution in [1.29, 1.82) is 0 Å². The van der Waals surface area contributed by atoms with Gasteiger partial charge in [0.05, 0.1) is 5.54 Å². The molecular formula is C11H18N4S. The van der Waals surface area contributed by atoms with Gasteiger partial charge >= 0.3 is 0 Å². The van der Waals surface area contributed by atoms with Gasteiger partial charge in [-0.1, -0.05) is 24.6 Å². The predicted octanol–water partition coefficient (Wildman–Crippen LogP) is 1.89. The Hall–Kier alpha value is -0.550. The summed E-state index contributed by atoms with van der Waals surface area (Å²) in [5.74, 6) is 2.05. The maximum absolute atomic E-state index is 6.38. The molecule has 1 aliphatic heterocycles. The first-order valence-corrected chi connectivity index (χ1v) is 7.13. The quantitative estimate of drug-likeness (QED) is 0.811. The maximum Gasteiger partial charge on any atom is 0.186 e. The van der Waals surface area contributed by atoms with Crippen LogP contribution in [0.15, 0.2) is 5.16 Å². The number of nitrogens with two attached hydrogens (primary N) is 1. The molecule has 2 aliphatic rings. The average Bonchev–Trinajstić information content (AvgIpc) is 2.82. The largest absolute Gasteiger partial charge is 0.319 e. The van der Waals surface area contributed by atoms with Gasteiger partial charge in [0, 0.05) is 12.3 Å². The Morgan fingerprint density at radius 3 is 2.81 bits per heavy atom. The second-order valence-electron chi connectivity index (χ2n) is 4.86. The van der Waals surface area contributed by atoms with Crippen molar-refractivity contribution in [2.75, 3.05) is 5.75 Å². The first-order valence-electron chi connectivity index (χ1n) is 6.15. The molecule has 1 fully saturated rings. The Balaban J connectivity index is 1.91. The molecule has 1 aromatic heterocycles. The summed E-state index contributed by atoms with van der Waals surface area (Å²) in [5, 5.41) is 5.70. The van der Waals surface area contributed by atoms with E-state index >= 15 is 0 Å². The van der Waals surface area contributed by atoms with Crippen molar-refractivity contribution in [2.24, 2.45) is 5.73 Å². The summed E-state index contributed by atoms with van der Waals surface area (Å²) in [6.45, 7) is 1.01. The number of fused-ring (bicyclic) bond motifs is 1. The number of rotatable bonds is 1. The average molecular weight is 238 g/mol. The van der Waals surface area contributed by atoms with E-state index < -0.39 is 0 Å². The van der Waals surface area contributed by atoms with Gasteiger partial charge in [0.15, 0.2) is 11.0 Å². The van der Waals surface area contributed by atoms with Crippen LogP contribution in [0.5, 0.6) is 0 Å². The van der Waals surface area contributed by atoms with Crippen molar-refractivity contribution in [3.8, 4) is 0 Å². The third kappa shape index (κ3) is 1.76. The Kier molecular flexibility index (Phi) is 2.67. The van der Waals surface area contributed by atoms with E-state index in [0.29, 0.717) is 0 Å². The Morgan fingerprint density at radius 1 is 1.19 bits per heavy atom. The van der Waals surface area contributed by atoms with Gasteiger partial charge in [0.25, 0.3) is 0 Å².